The van der Waals surface area contributed by atoms with Crippen molar-refractivity contribution in [1.82, 2.24) is 5.32 Å². The van der Waals surface area contributed by atoms with Gasteiger partial charge < -0.3 is 8.92 Å². The Balaban J connectivity index is 1.69. The van der Waals surface area contributed by atoms with Crippen LogP contribution < -0.4 is 19.1 Å². The molecule has 0 aliphatic carbocycles. The number of urea groups is 1. The summed E-state index contributed by atoms with van der Waals surface area (Å²) in [6.07, 6.45) is 1.19. The molecule has 0 unspecified atom stereocenters. The number of ether oxygens (including phenoxy) is 1. The van der Waals surface area contributed by atoms with Crippen LogP contribution in [-0.2, 0) is 19.7 Å². The highest BCUT2D eigenvalue weighted by Crippen LogP contribution is 2.39. The molecular weight excluding hydrogens is 543 g/mol. The number of carbonyl (C=O) groups excluding carboxylic acids is 3. The summed E-state index contributed by atoms with van der Waals surface area (Å²) in [6, 6.07) is 13.6. The molecule has 1 saturated heterocycles. The number of anilines is 1. The zero-order valence-electron chi connectivity index (χ0n) is 19.3. The van der Waals surface area contributed by atoms with Crippen molar-refractivity contribution in [1.29, 1.82) is 0 Å². The van der Waals surface area contributed by atoms with Gasteiger partial charge in [-0.1, -0.05) is 40.9 Å². The van der Waals surface area contributed by atoms with Gasteiger partial charge in [-0.05, 0) is 67.1 Å². The Kier molecular flexibility index (Phi) is 7.26. The molecule has 9 nitrogen and oxygen atoms in total. The molecule has 0 atom stereocenters. The third-order valence-electron chi connectivity index (χ3n) is 5.25. The fraction of sp³-hybridized carbons (Fsp3) is 0.0800. The van der Waals surface area contributed by atoms with Crippen LogP contribution in [0.25, 0.3) is 6.08 Å². The first-order chi connectivity index (χ1) is 17.5. The van der Waals surface area contributed by atoms with E-state index in [1.54, 1.807) is 12.1 Å². The highest BCUT2D eigenvalue weighted by atomic mass is 35.5. The number of rotatable bonds is 6. The highest BCUT2D eigenvalue weighted by Gasteiger charge is 2.37. The summed E-state index contributed by atoms with van der Waals surface area (Å²) < 4.78 is 36.0. The number of hydrogen-bond donors (Lipinski definition) is 1. The van der Waals surface area contributed by atoms with Crippen LogP contribution in [0.15, 0.2) is 71.1 Å². The maximum absolute atomic E-state index is 13.1. The van der Waals surface area contributed by atoms with Crippen molar-refractivity contribution in [3.05, 3.63) is 87.4 Å². The van der Waals surface area contributed by atoms with E-state index in [1.165, 1.54) is 61.7 Å². The van der Waals surface area contributed by atoms with Gasteiger partial charge in [0.2, 0.25) is 5.75 Å². The van der Waals surface area contributed by atoms with Gasteiger partial charge in [0.05, 0.1) is 17.8 Å². The van der Waals surface area contributed by atoms with Gasteiger partial charge in [0, 0.05) is 5.02 Å². The molecule has 4 rings (SSSR count). The normalized spacial score (nSPS) is 15.1. The van der Waals surface area contributed by atoms with Gasteiger partial charge in [-0.3, -0.25) is 14.9 Å². The second-order valence-electron chi connectivity index (χ2n) is 7.82. The summed E-state index contributed by atoms with van der Waals surface area (Å²) >= 11 is 12.2. The Morgan fingerprint density at radius 3 is 2.22 bits per heavy atom. The van der Waals surface area contributed by atoms with E-state index in [1.807, 2.05) is 6.92 Å². The van der Waals surface area contributed by atoms with Crippen LogP contribution in [0.5, 0.6) is 11.5 Å². The number of hydrogen-bond acceptors (Lipinski definition) is 7. The summed E-state index contributed by atoms with van der Waals surface area (Å²) in [6.45, 7) is 1.81. The van der Waals surface area contributed by atoms with E-state index in [2.05, 4.69) is 5.32 Å². The predicted molar refractivity (Wildman–Crippen MR) is 137 cm³/mol. The third kappa shape index (κ3) is 5.46. The molecule has 1 fully saturated rings. The van der Waals surface area contributed by atoms with E-state index in [0.717, 1.165) is 10.5 Å². The van der Waals surface area contributed by atoms with Crippen molar-refractivity contribution < 1.29 is 31.7 Å². The van der Waals surface area contributed by atoms with Gasteiger partial charge in [-0.15, -0.1) is 0 Å². The Morgan fingerprint density at radius 2 is 1.59 bits per heavy atom. The molecule has 1 aliphatic heterocycles. The number of methoxy groups -OCH3 is 1. The summed E-state index contributed by atoms with van der Waals surface area (Å²) in [4.78, 5) is 38.6. The summed E-state index contributed by atoms with van der Waals surface area (Å²) in [5.74, 6) is -2.14. The summed E-state index contributed by atoms with van der Waals surface area (Å²) in [7, 11) is -2.97. The van der Waals surface area contributed by atoms with Crippen molar-refractivity contribution in [3.8, 4) is 11.5 Å². The quantitative estimate of drug-likeness (QED) is 0.262. The molecule has 1 aliphatic rings. The molecule has 0 bridgehead atoms. The van der Waals surface area contributed by atoms with E-state index in [4.69, 9.17) is 32.1 Å². The van der Waals surface area contributed by atoms with Gasteiger partial charge in [0.1, 0.15) is 10.5 Å². The number of halogens is 2. The van der Waals surface area contributed by atoms with Gasteiger partial charge in [0.15, 0.2) is 5.75 Å². The molecule has 37 heavy (non-hydrogen) atoms. The van der Waals surface area contributed by atoms with Crippen molar-refractivity contribution in [2.45, 2.75) is 11.8 Å². The van der Waals surface area contributed by atoms with Crippen LogP contribution in [0, 0.1) is 6.92 Å². The van der Waals surface area contributed by atoms with Gasteiger partial charge in [0.25, 0.3) is 11.8 Å². The minimum absolute atomic E-state index is 0.0654. The number of benzene rings is 3. The smallest absolute Gasteiger partial charge is 0.339 e. The molecule has 0 saturated carbocycles. The Hall–Kier alpha value is -3.86. The SMILES string of the molecule is COc1cc(/C=C2\C(=O)NC(=O)N(c3ccc(Cl)cc3)C2=O)cc(Cl)c1OS(=O)(=O)c1ccc(C)cc1. The first-order valence-electron chi connectivity index (χ1n) is 10.6. The number of barbiturate groups is 1. The molecule has 1 heterocycles. The maximum Gasteiger partial charge on any atom is 0.339 e. The second-order valence-corrected chi connectivity index (χ2v) is 10.2. The summed E-state index contributed by atoms with van der Waals surface area (Å²) in [5, 5.41) is 2.35. The van der Waals surface area contributed by atoms with Crippen LogP contribution in [0.4, 0.5) is 10.5 Å². The molecule has 1 N–H and O–H groups in total. The first kappa shape index (κ1) is 26.2. The number of imide groups is 2. The lowest BCUT2D eigenvalue weighted by molar-refractivity contribution is -0.122. The topological polar surface area (TPSA) is 119 Å². The van der Waals surface area contributed by atoms with Crippen LogP contribution in [-0.4, -0.2) is 33.4 Å². The standard InChI is InChI=1S/C25H18Cl2N2O7S/c1-14-3-9-18(10-4-14)37(33,34)36-22-20(27)12-15(13-21(22)35-2)11-19-23(30)28-25(32)29(24(19)31)17-7-5-16(26)6-8-17/h3-13H,1-2H3,(H,28,30,32)/b19-11+. The first-order valence-corrected chi connectivity index (χ1v) is 12.7. The Morgan fingerprint density at radius 1 is 0.946 bits per heavy atom. The van der Waals surface area contributed by atoms with Crippen LogP contribution in [0.3, 0.4) is 0 Å². The molecule has 4 amide bonds. The van der Waals surface area contributed by atoms with E-state index in [0.29, 0.717) is 5.02 Å². The van der Waals surface area contributed by atoms with E-state index >= 15 is 0 Å². The number of carbonyl (C=O) groups is 3. The fourth-order valence-corrected chi connectivity index (χ4v) is 4.80. The number of nitrogens with zero attached hydrogens (tertiary/aromatic N) is 1. The third-order valence-corrected chi connectivity index (χ3v) is 7.02. The lowest BCUT2D eigenvalue weighted by atomic mass is 10.1. The van der Waals surface area contributed by atoms with E-state index in [9.17, 15) is 22.8 Å². The lowest BCUT2D eigenvalue weighted by Crippen LogP contribution is -2.54. The molecule has 12 heteroatoms. The van der Waals surface area contributed by atoms with Crippen molar-refractivity contribution in [2.75, 3.05) is 12.0 Å². The average molecular weight is 561 g/mol. The number of nitrogens with one attached hydrogen (secondary N) is 1. The predicted octanol–water partition coefficient (Wildman–Crippen LogP) is 4.74. The number of amides is 4. The molecule has 3 aromatic rings. The van der Waals surface area contributed by atoms with Gasteiger partial charge >= 0.3 is 16.1 Å². The fourth-order valence-electron chi connectivity index (χ4n) is 3.42. The van der Waals surface area contributed by atoms with Crippen molar-refractivity contribution in [2.24, 2.45) is 0 Å². The molecule has 190 valence electrons. The zero-order valence-corrected chi connectivity index (χ0v) is 21.6. The molecule has 0 aromatic heterocycles. The highest BCUT2D eigenvalue weighted by molar-refractivity contribution is 7.87. The van der Waals surface area contributed by atoms with Crippen molar-refractivity contribution in [3.63, 3.8) is 0 Å². The van der Waals surface area contributed by atoms with Crippen LogP contribution in [0.1, 0.15) is 11.1 Å². The Bertz CT molecular complexity index is 1550. The largest absolute Gasteiger partial charge is 0.493 e. The minimum atomic E-state index is -4.24. The number of aryl methyl sites for hydroxylation is 1. The maximum atomic E-state index is 13.1. The van der Waals surface area contributed by atoms with Crippen molar-refractivity contribution >= 4 is 62.9 Å². The van der Waals surface area contributed by atoms with Gasteiger partial charge in [-0.25, -0.2) is 9.69 Å². The van der Waals surface area contributed by atoms with E-state index in [-0.39, 0.29) is 38.2 Å². The van der Waals surface area contributed by atoms with Gasteiger partial charge in [-0.2, -0.15) is 8.42 Å². The monoisotopic (exact) mass is 560 g/mol. The Labute approximate surface area is 222 Å². The van der Waals surface area contributed by atoms with Crippen LogP contribution >= 0.6 is 23.2 Å². The minimum Gasteiger partial charge on any atom is -0.493 e. The lowest BCUT2D eigenvalue weighted by Gasteiger charge is -2.26. The van der Waals surface area contributed by atoms with E-state index < -0.39 is 28.0 Å². The summed E-state index contributed by atoms with van der Waals surface area (Å²) in [5.41, 5.74) is 0.912. The molecule has 3 aromatic carbocycles. The average Bonchev–Trinajstić information content (AvgIpc) is 2.84. The molecule has 0 radical (unpaired) electrons. The molecule has 0 spiro atoms. The van der Waals surface area contributed by atoms with Crippen LogP contribution in [0.2, 0.25) is 10.0 Å². The zero-order chi connectivity index (χ0) is 26.9. The second kappa shape index (κ2) is 10.3. The molecular formula is C25H18Cl2N2O7S.